The molecule has 1 rings (SSSR count). The second-order valence-electron chi connectivity index (χ2n) is 2.87. The standard InChI is InChI=1S/C11H12NO/c1-2-4-9-5-3-6-10(8-13)11(9)7-12/h3,5-6,8,13H,2,4H2,1H3. The zero-order chi connectivity index (χ0) is 9.68. The first-order chi connectivity index (χ1) is 6.33. The molecule has 0 fully saturated rings. The number of aryl methyl sites for hydroxylation is 1. The molecule has 0 aromatic heterocycles. The van der Waals surface area contributed by atoms with Crippen LogP contribution in [0.4, 0.5) is 0 Å². The summed E-state index contributed by atoms with van der Waals surface area (Å²) in [6.07, 6.45) is 1.88. The Labute approximate surface area is 78.4 Å². The van der Waals surface area contributed by atoms with Gasteiger partial charge in [-0.25, -0.2) is 0 Å². The maximum absolute atomic E-state index is 8.88. The number of aliphatic hydroxyl groups is 1. The van der Waals surface area contributed by atoms with E-state index in [-0.39, 0.29) is 0 Å². The summed E-state index contributed by atoms with van der Waals surface area (Å²) in [7, 11) is 0. The maximum Gasteiger partial charge on any atom is 0.110 e. The highest BCUT2D eigenvalue weighted by Crippen LogP contribution is 2.16. The van der Waals surface area contributed by atoms with E-state index < -0.39 is 0 Å². The summed E-state index contributed by atoms with van der Waals surface area (Å²) in [6, 6.07) is 7.62. The highest BCUT2D eigenvalue weighted by Gasteiger charge is 2.05. The minimum Gasteiger partial charge on any atom is -0.385 e. The SMILES string of the molecule is CCCc1cccc([CH]O)c1C#N. The van der Waals surface area contributed by atoms with Crippen molar-refractivity contribution in [3.63, 3.8) is 0 Å². The van der Waals surface area contributed by atoms with E-state index >= 15 is 0 Å². The Morgan fingerprint density at radius 3 is 2.85 bits per heavy atom. The number of hydrogen-bond acceptors (Lipinski definition) is 2. The first-order valence-corrected chi connectivity index (χ1v) is 4.33. The quantitative estimate of drug-likeness (QED) is 0.764. The van der Waals surface area contributed by atoms with Gasteiger partial charge >= 0.3 is 0 Å². The smallest absolute Gasteiger partial charge is 0.110 e. The van der Waals surface area contributed by atoms with Crippen molar-refractivity contribution in [1.29, 1.82) is 5.26 Å². The Bertz CT molecular complexity index is 325. The third-order valence-corrected chi connectivity index (χ3v) is 1.95. The third-order valence-electron chi connectivity index (χ3n) is 1.95. The average molecular weight is 174 g/mol. The molecule has 67 valence electrons. The molecule has 0 saturated heterocycles. The third kappa shape index (κ3) is 2.07. The van der Waals surface area contributed by atoms with Gasteiger partial charge in [0.25, 0.3) is 0 Å². The summed E-state index contributed by atoms with van der Waals surface area (Å²) < 4.78 is 0. The molecule has 0 aliphatic carbocycles. The van der Waals surface area contributed by atoms with Gasteiger partial charge in [0, 0.05) is 5.56 Å². The average Bonchev–Trinajstić information content (AvgIpc) is 2.18. The van der Waals surface area contributed by atoms with Crippen LogP contribution in [0, 0.1) is 17.9 Å². The van der Waals surface area contributed by atoms with Crippen molar-refractivity contribution >= 4 is 0 Å². The topological polar surface area (TPSA) is 44.0 Å². The molecule has 0 aliphatic rings. The van der Waals surface area contributed by atoms with Gasteiger partial charge in [0.1, 0.15) is 6.61 Å². The summed E-state index contributed by atoms with van der Waals surface area (Å²) >= 11 is 0. The van der Waals surface area contributed by atoms with Crippen LogP contribution in [0.15, 0.2) is 18.2 Å². The van der Waals surface area contributed by atoms with Crippen LogP contribution >= 0.6 is 0 Å². The van der Waals surface area contributed by atoms with E-state index in [4.69, 9.17) is 10.4 Å². The molecule has 0 amide bonds. The molecule has 0 spiro atoms. The van der Waals surface area contributed by atoms with Gasteiger partial charge in [0.15, 0.2) is 0 Å². The van der Waals surface area contributed by atoms with Crippen molar-refractivity contribution in [1.82, 2.24) is 0 Å². The first kappa shape index (κ1) is 9.76. The molecular formula is C11H12NO. The van der Waals surface area contributed by atoms with E-state index in [1.165, 1.54) is 0 Å². The minimum absolute atomic E-state index is 0.590. The number of benzene rings is 1. The van der Waals surface area contributed by atoms with Gasteiger partial charge < -0.3 is 5.11 Å². The largest absolute Gasteiger partial charge is 0.385 e. The number of nitriles is 1. The highest BCUT2D eigenvalue weighted by atomic mass is 16.3. The summed E-state index contributed by atoms with van der Waals surface area (Å²) in [5, 5.41) is 17.7. The second-order valence-corrected chi connectivity index (χ2v) is 2.87. The van der Waals surface area contributed by atoms with Gasteiger partial charge in [0.2, 0.25) is 0 Å². The van der Waals surface area contributed by atoms with Crippen LogP contribution in [0.1, 0.15) is 30.0 Å². The monoisotopic (exact) mass is 174 g/mol. The van der Waals surface area contributed by atoms with E-state index in [1.807, 2.05) is 12.1 Å². The van der Waals surface area contributed by atoms with Gasteiger partial charge in [-0.05, 0) is 12.0 Å². The van der Waals surface area contributed by atoms with Crippen LogP contribution in [-0.2, 0) is 6.42 Å². The first-order valence-electron chi connectivity index (χ1n) is 4.33. The molecule has 0 saturated carbocycles. The van der Waals surface area contributed by atoms with Gasteiger partial charge in [-0.1, -0.05) is 31.5 Å². The van der Waals surface area contributed by atoms with E-state index in [2.05, 4.69) is 13.0 Å². The number of rotatable bonds is 3. The van der Waals surface area contributed by atoms with Gasteiger partial charge in [-0.2, -0.15) is 5.26 Å². The molecule has 1 radical (unpaired) electrons. The Morgan fingerprint density at radius 2 is 2.31 bits per heavy atom. The summed E-state index contributed by atoms with van der Waals surface area (Å²) in [4.78, 5) is 0. The lowest BCUT2D eigenvalue weighted by Gasteiger charge is -2.05. The van der Waals surface area contributed by atoms with Gasteiger partial charge in [-0.3, -0.25) is 0 Å². The highest BCUT2D eigenvalue weighted by molar-refractivity contribution is 5.46. The van der Waals surface area contributed by atoms with E-state index in [0.717, 1.165) is 25.0 Å². The number of nitrogens with zero attached hydrogens (tertiary/aromatic N) is 1. The predicted octanol–water partition coefficient (Wildman–Crippen LogP) is 2.39. The van der Waals surface area contributed by atoms with Crippen molar-refractivity contribution in [2.45, 2.75) is 19.8 Å². The van der Waals surface area contributed by atoms with Crippen molar-refractivity contribution in [3.05, 3.63) is 41.5 Å². The molecule has 1 N–H and O–H groups in total. The summed E-state index contributed by atoms with van der Waals surface area (Å²) in [5.74, 6) is 0. The van der Waals surface area contributed by atoms with Crippen molar-refractivity contribution in [2.24, 2.45) is 0 Å². The fourth-order valence-corrected chi connectivity index (χ4v) is 1.34. The summed E-state index contributed by atoms with van der Waals surface area (Å²) in [6.45, 7) is 3.05. The van der Waals surface area contributed by atoms with Crippen LogP contribution in [0.3, 0.4) is 0 Å². The van der Waals surface area contributed by atoms with Gasteiger partial charge in [0.05, 0.1) is 11.6 Å². The minimum atomic E-state index is 0.590. The molecule has 0 unspecified atom stereocenters. The molecule has 1 aromatic carbocycles. The van der Waals surface area contributed by atoms with Crippen molar-refractivity contribution < 1.29 is 5.11 Å². The Kier molecular flexibility index (Phi) is 3.48. The van der Waals surface area contributed by atoms with Crippen LogP contribution in [0.2, 0.25) is 0 Å². The molecule has 2 heteroatoms. The molecule has 0 aliphatic heterocycles. The van der Waals surface area contributed by atoms with Crippen LogP contribution in [0.5, 0.6) is 0 Å². The molecule has 1 aromatic rings. The van der Waals surface area contributed by atoms with E-state index in [9.17, 15) is 0 Å². The lowest BCUT2D eigenvalue weighted by atomic mass is 9.99. The molecular weight excluding hydrogens is 162 g/mol. The fraction of sp³-hybridized carbons (Fsp3) is 0.273. The molecule has 0 heterocycles. The Balaban J connectivity index is 3.13. The van der Waals surface area contributed by atoms with Crippen LogP contribution in [0.25, 0.3) is 0 Å². The van der Waals surface area contributed by atoms with Crippen molar-refractivity contribution in [2.75, 3.05) is 0 Å². The lowest BCUT2D eigenvalue weighted by Crippen LogP contribution is -1.94. The molecule has 0 bridgehead atoms. The van der Waals surface area contributed by atoms with Crippen LogP contribution in [-0.4, -0.2) is 5.11 Å². The summed E-state index contributed by atoms with van der Waals surface area (Å²) in [5.41, 5.74) is 2.20. The zero-order valence-electron chi connectivity index (χ0n) is 7.62. The van der Waals surface area contributed by atoms with Crippen LogP contribution < -0.4 is 0 Å². The van der Waals surface area contributed by atoms with E-state index in [1.54, 1.807) is 6.07 Å². The molecule has 0 atom stereocenters. The Morgan fingerprint density at radius 1 is 1.54 bits per heavy atom. The zero-order valence-corrected chi connectivity index (χ0v) is 7.62. The fourth-order valence-electron chi connectivity index (χ4n) is 1.34. The predicted molar refractivity (Wildman–Crippen MR) is 50.5 cm³/mol. The number of aliphatic hydroxyl groups excluding tert-OH is 1. The Hall–Kier alpha value is -1.33. The molecule has 2 nitrogen and oxygen atoms in total. The van der Waals surface area contributed by atoms with E-state index in [0.29, 0.717) is 11.1 Å². The lowest BCUT2D eigenvalue weighted by molar-refractivity contribution is 0.414. The van der Waals surface area contributed by atoms with Crippen molar-refractivity contribution in [3.8, 4) is 6.07 Å². The maximum atomic E-state index is 8.88. The normalized spacial score (nSPS) is 9.62. The second kappa shape index (κ2) is 4.64. The molecule has 13 heavy (non-hydrogen) atoms. The van der Waals surface area contributed by atoms with Gasteiger partial charge in [-0.15, -0.1) is 0 Å². The number of hydrogen-bond donors (Lipinski definition) is 1.